The maximum absolute atomic E-state index is 13.2. The summed E-state index contributed by atoms with van der Waals surface area (Å²) in [7, 11) is 0. The van der Waals surface area contributed by atoms with E-state index in [9.17, 15) is 22.4 Å². The summed E-state index contributed by atoms with van der Waals surface area (Å²) in [5, 5.41) is 2.26. The van der Waals surface area contributed by atoms with Gasteiger partial charge in [0.1, 0.15) is 0 Å². The first-order valence-electron chi connectivity index (χ1n) is 5.21. The molecule has 1 aromatic carbocycles. The van der Waals surface area contributed by atoms with Gasteiger partial charge in [-0.15, -0.1) is 0 Å². The average Bonchev–Trinajstić information content (AvgIpc) is 2.36. The molecule has 0 aliphatic heterocycles. The lowest BCUT2D eigenvalue weighted by Gasteiger charge is -2.06. The second-order valence-electron chi connectivity index (χ2n) is 3.46. The van der Waals surface area contributed by atoms with Crippen molar-refractivity contribution in [2.45, 2.75) is 13.3 Å². The van der Waals surface area contributed by atoms with Crippen molar-refractivity contribution in [3.8, 4) is 0 Å². The molecule has 1 N–H and O–H groups in total. The number of allylic oxidation sites excluding steroid dienone is 1. The van der Waals surface area contributed by atoms with Crippen molar-refractivity contribution in [2.24, 2.45) is 0 Å². The molecule has 1 aromatic rings. The molecule has 98 valence electrons. The maximum atomic E-state index is 13.2. The lowest BCUT2D eigenvalue weighted by Crippen LogP contribution is -2.26. The number of carbonyl (C=O) groups is 1. The van der Waals surface area contributed by atoms with Gasteiger partial charge in [0.2, 0.25) is 0 Å². The Morgan fingerprint density at radius 2 is 1.89 bits per heavy atom. The van der Waals surface area contributed by atoms with Gasteiger partial charge in [0.05, 0.1) is 5.56 Å². The number of hydrogen-bond acceptors (Lipinski definition) is 1. The Balaban J connectivity index is 2.86. The highest BCUT2D eigenvalue weighted by atomic mass is 19.2. The number of carbonyl (C=O) groups excluding carboxylic acids is 1. The van der Waals surface area contributed by atoms with Crippen molar-refractivity contribution >= 4 is 5.91 Å². The SMILES string of the molecule is C/C=C/CCNC(=O)c1cc(F)c(F)c(F)c1F. The summed E-state index contributed by atoms with van der Waals surface area (Å²) in [6, 6.07) is 0.332. The van der Waals surface area contributed by atoms with Gasteiger partial charge in [-0.1, -0.05) is 12.2 Å². The van der Waals surface area contributed by atoms with Crippen LogP contribution < -0.4 is 5.32 Å². The molecule has 0 heterocycles. The first-order valence-corrected chi connectivity index (χ1v) is 5.21. The Morgan fingerprint density at radius 3 is 2.50 bits per heavy atom. The number of nitrogens with one attached hydrogen (secondary N) is 1. The van der Waals surface area contributed by atoms with Crippen LogP contribution in [-0.2, 0) is 0 Å². The van der Waals surface area contributed by atoms with Crippen LogP contribution in [0.4, 0.5) is 17.6 Å². The van der Waals surface area contributed by atoms with Crippen LogP contribution in [0, 0.1) is 23.3 Å². The summed E-state index contributed by atoms with van der Waals surface area (Å²) in [6.45, 7) is 1.97. The number of hydrogen-bond donors (Lipinski definition) is 1. The quantitative estimate of drug-likeness (QED) is 0.291. The summed E-state index contributed by atoms with van der Waals surface area (Å²) < 4.78 is 51.6. The highest BCUT2D eigenvalue weighted by Gasteiger charge is 2.22. The van der Waals surface area contributed by atoms with Gasteiger partial charge in [-0.3, -0.25) is 4.79 Å². The van der Waals surface area contributed by atoms with Gasteiger partial charge in [0, 0.05) is 6.54 Å². The molecule has 0 saturated carbocycles. The van der Waals surface area contributed by atoms with Crippen LogP contribution in [0.1, 0.15) is 23.7 Å². The molecule has 1 rings (SSSR count). The second-order valence-corrected chi connectivity index (χ2v) is 3.46. The Labute approximate surface area is 101 Å². The third-order valence-corrected chi connectivity index (χ3v) is 2.18. The van der Waals surface area contributed by atoms with Crippen LogP contribution >= 0.6 is 0 Å². The van der Waals surface area contributed by atoms with E-state index in [0.29, 0.717) is 12.5 Å². The third kappa shape index (κ3) is 3.09. The molecule has 18 heavy (non-hydrogen) atoms. The average molecular weight is 261 g/mol. The second kappa shape index (κ2) is 6.18. The first kappa shape index (κ1) is 14.2. The molecule has 0 bridgehead atoms. The molecule has 0 radical (unpaired) electrons. The molecule has 0 fully saturated rings. The van der Waals surface area contributed by atoms with Crippen LogP contribution in [0.15, 0.2) is 18.2 Å². The Morgan fingerprint density at radius 1 is 1.22 bits per heavy atom. The van der Waals surface area contributed by atoms with Crippen molar-refractivity contribution < 1.29 is 22.4 Å². The van der Waals surface area contributed by atoms with Gasteiger partial charge >= 0.3 is 0 Å². The highest BCUT2D eigenvalue weighted by Crippen LogP contribution is 2.18. The minimum absolute atomic E-state index is 0.184. The summed E-state index contributed by atoms with van der Waals surface area (Å²) in [6.07, 6.45) is 4.00. The number of rotatable bonds is 4. The molecule has 6 heteroatoms. The first-order chi connectivity index (χ1) is 8.49. The molecule has 0 aromatic heterocycles. The Kier molecular flexibility index (Phi) is 4.88. The van der Waals surface area contributed by atoms with Gasteiger partial charge in [-0.25, -0.2) is 17.6 Å². The lowest BCUT2D eigenvalue weighted by molar-refractivity contribution is 0.0948. The van der Waals surface area contributed by atoms with Crippen LogP contribution in [-0.4, -0.2) is 12.5 Å². The third-order valence-electron chi connectivity index (χ3n) is 2.18. The molecule has 0 aliphatic rings. The largest absolute Gasteiger partial charge is 0.352 e. The Bertz CT molecular complexity index is 485. The molecular formula is C12H11F4NO. The van der Waals surface area contributed by atoms with E-state index >= 15 is 0 Å². The number of benzene rings is 1. The van der Waals surface area contributed by atoms with Crippen LogP contribution in [0.25, 0.3) is 0 Å². The molecule has 0 atom stereocenters. The van der Waals surface area contributed by atoms with Crippen LogP contribution in [0.5, 0.6) is 0 Å². The monoisotopic (exact) mass is 261 g/mol. The molecule has 0 unspecified atom stereocenters. The van der Waals surface area contributed by atoms with E-state index < -0.39 is 34.7 Å². The maximum Gasteiger partial charge on any atom is 0.254 e. The standard InChI is InChI=1S/C12H11F4NO/c1-2-3-4-5-17-12(18)7-6-8(13)10(15)11(16)9(7)14/h2-3,6H,4-5H2,1H3,(H,17,18)/b3-2+. The van der Waals surface area contributed by atoms with Crippen molar-refractivity contribution in [2.75, 3.05) is 6.54 Å². The van der Waals surface area contributed by atoms with Crippen molar-refractivity contribution in [1.82, 2.24) is 5.32 Å². The Hall–Kier alpha value is -1.85. The van der Waals surface area contributed by atoms with E-state index in [1.54, 1.807) is 19.1 Å². The van der Waals surface area contributed by atoms with Gasteiger partial charge in [-0.2, -0.15) is 0 Å². The molecular weight excluding hydrogens is 250 g/mol. The molecule has 0 saturated heterocycles. The van der Waals surface area contributed by atoms with E-state index in [2.05, 4.69) is 5.32 Å². The topological polar surface area (TPSA) is 29.1 Å². The van der Waals surface area contributed by atoms with E-state index in [4.69, 9.17) is 0 Å². The van der Waals surface area contributed by atoms with Gasteiger partial charge in [0.25, 0.3) is 5.91 Å². The zero-order valence-electron chi connectivity index (χ0n) is 9.57. The van der Waals surface area contributed by atoms with E-state index in [0.717, 1.165) is 0 Å². The van der Waals surface area contributed by atoms with Gasteiger partial charge < -0.3 is 5.32 Å². The van der Waals surface area contributed by atoms with E-state index in [1.807, 2.05) is 0 Å². The fourth-order valence-corrected chi connectivity index (χ4v) is 1.27. The predicted octanol–water partition coefficient (Wildman–Crippen LogP) is 2.94. The molecule has 0 spiro atoms. The minimum atomic E-state index is -1.99. The zero-order chi connectivity index (χ0) is 13.7. The van der Waals surface area contributed by atoms with Crippen LogP contribution in [0.2, 0.25) is 0 Å². The van der Waals surface area contributed by atoms with Crippen molar-refractivity contribution in [3.63, 3.8) is 0 Å². The van der Waals surface area contributed by atoms with Gasteiger partial charge in [0.15, 0.2) is 23.3 Å². The fourth-order valence-electron chi connectivity index (χ4n) is 1.27. The van der Waals surface area contributed by atoms with E-state index in [1.165, 1.54) is 0 Å². The van der Waals surface area contributed by atoms with Gasteiger partial charge in [-0.05, 0) is 19.4 Å². The minimum Gasteiger partial charge on any atom is -0.352 e. The van der Waals surface area contributed by atoms with E-state index in [-0.39, 0.29) is 6.54 Å². The smallest absolute Gasteiger partial charge is 0.254 e. The zero-order valence-corrected chi connectivity index (χ0v) is 9.57. The van der Waals surface area contributed by atoms with Crippen LogP contribution in [0.3, 0.4) is 0 Å². The predicted molar refractivity (Wildman–Crippen MR) is 58.0 cm³/mol. The van der Waals surface area contributed by atoms with Crippen molar-refractivity contribution in [1.29, 1.82) is 0 Å². The molecule has 1 amide bonds. The highest BCUT2D eigenvalue weighted by molar-refractivity contribution is 5.94. The molecule has 0 aliphatic carbocycles. The molecule has 2 nitrogen and oxygen atoms in total. The fraction of sp³-hybridized carbons (Fsp3) is 0.250. The summed E-state index contributed by atoms with van der Waals surface area (Å²) in [5.74, 6) is -8.22. The summed E-state index contributed by atoms with van der Waals surface area (Å²) in [5.41, 5.74) is -0.855. The number of halogens is 4. The normalized spacial score (nSPS) is 10.9. The summed E-state index contributed by atoms with van der Waals surface area (Å²) in [4.78, 5) is 11.4. The number of amides is 1. The summed E-state index contributed by atoms with van der Waals surface area (Å²) >= 11 is 0. The van der Waals surface area contributed by atoms with Crippen molar-refractivity contribution in [3.05, 3.63) is 47.1 Å². The lowest BCUT2D eigenvalue weighted by atomic mass is 10.1.